The number of allylic oxidation sites excluding steroid dienone is 1. The van der Waals surface area contributed by atoms with E-state index in [2.05, 4.69) is 18.1 Å². The molecule has 1 amide bonds. The highest BCUT2D eigenvalue weighted by Gasteiger charge is 2.30. The van der Waals surface area contributed by atoms with Gasteiger partial charge in [-0.3, -0.25) is 4.98 Å². The number of likely N-dealkylation sites (tertiary alicyclic amines) is 1. The fraction of sp³-hybridized carbons (Fsp3) is 0.310. The summed E-state index contributed by atoms with van der Waals surface area (Å²) in [7, 11) is 1.67. The average molecular weight is 457 g/mol. The van der Waals surface area contributed by atoms with E-state index < -0.39 is 0 Å². The van der Waals surface area contributed by atoms with Gasteiger partial charge >= 0.3 is 6.09 Å². The molecule has 5 nitrogen and oxygen atoms in total. The van der Waals surface area contributed by atoms with Gasteiger partial charge in [-0.25, -0.2) is 4.79 Å². The number of methoxy groups -OCH3 is 1. The molecule has 1 aliphatic rings. The number of carbonyl (C=O) groups excluding carboxylic acids is 1. The molecule has 4 rings (SSSR count). The number of rotatable bonds is 8. The van der Waals surface area contributed by atoms with Crippen LogP contribution in [-0.2, 0) is 11.3 Å². The van der Waals surface area contributed by atoms with Crippen molar-refractivity contribution in [3.8, 4) is 5.75 Å². The van der Waals surface area contributed by atoms with E-state index in [1.54, 1.807) is 7.11 Å². The largest absolute Gasteiger partial charge is 0.497 e. The molecule has 3 aromatic rings. The highest BCUT2D eigenvalue weighted by atomic mass is 16.6. The van der Waals surface area contributed by atoms with Gasteiger partial charge in [0.2, 0.25) is 0 Å². The van der Waals surface area contributed by atoms with Crippen LogP contribution in [0.25, 0.3) is 16.5 Å². The summed E-state index contributed by atoms with van der Waals surface area (Å²) in [6.07, 6.45) is 6.36. The van der Waals surface area contributed by atoms with Crippen LogP contribution in [0.1, 0.15) is 30.4 Å². The normalized spacial score (nSPS) is 17.9. The van der Waals surface area contributed by atoms with E-state index in [1.807, 2.05) is 71.8 Å². The lowest BCUT2D eigenvalue weighted by molar-refractivity contribution is 0.0712. The molecule has 2 heterocycles. The van der Waals surface area contributed by atoms with Gasteiger partial charge in [-0.15, -0.1) is 6.58 Å². The van der Waals surface area contributed by atoms with E-state index in [-0.39, 0.29) is 12.0 Å². The number of benzene rings is 2. The Hall–Kier alpha value is -3.60. The van der Waals surface area contributed by atoms with E-state index in [9.17, 15) is 4.79 Å². The summed E-state index contributed by atoms with van der Waals surface area (Å²) in [5.41, 5.74) is 4.13. The molecule has 0 aliphatic carbocycles. The number of fused-ring (bicyclic) bond motifs is 1. The molecule has 5 heteroatoms. The molecule has 2 atom stereocenters. The molecule has 34 heavy (non-hydrogen) atoms. The smallest absolute Gasteiger partial charge is 0.410 e. The third-order valence-corrected chi connectivity index (χ3v) is 6.72. The van der Waals surface area contributed by atoms with Gasteiger partial charge in [0, 0.05) is 24.7 Å². The number of aromatic nitrogens is 1. The molecule has 0 bridgehead atoms. The molecule has 0 radical (unpaired) electrons. The lowest BCUT2D eigenvalue weighted by atomic mass is 9.81. The highest BCUT2D eigenvalue weighted by Crippen LogP contribution is 2.34. The average Bonchev–Trinajstić information content (AvgIpc) is 2.90. The first-order valence-corrected chi connectivity index (χ1v) is 11.8. The van der Waals surface area contributed by atoms with Gasteiger partial charge in [-0.2, -0.15) is 0 Å². The van der Waals surface area contributed by atoms with Crippen LogP contribution < -0.4 is 4.74 Å². The Morgan fingerprint density at radius 1 is 1.21 bits per heavy atom. The van der Waals surface area contributed by atoms with Crippen molar-refractivity contribution in [3.05, 3.63) is 91.2 Å². The number of piperidine rings is 1. The van der Waals surface area contributed by atoms with Crippen molar-refractivity contribution >= 4 is 22.6 Å². The fourth-order valence-electron chi connectivity index (χ4n) is 4.69. The number of nitrogens with zero attached hydrogens (tertiary/aromatic N) is 2. The number of hydrogen-bond donors (Lipinski definition) is 0. The summed E-state index contributed by atoms with van der Waals surface area (Å²) < 4.78 is 10.9. The quantitative estimate of drug-likeness (QED) is 0.363. The molecule has 2 unspecified atom stereocenters. The molecule has 0 N–H and O–H groups in total. The minimum absolute atomic E-state index is 0.236. The van der Waals surface area contributed by atoms with E-state index in [4.69, 9.17) is 9.47 Å². The predicted molar refractivity (Wildman–Crippen MR) is 137 cm³/mol. The number of carbonyl (C=O) groups is 1. The summed E-state index contributed by atoms with van der Waals surface area (Å²) in [5.74, 6) is 1.50. The van der Waals surface area contributed by atoms with Crippen molar-refractivity contribution in [2.45, 2.75) is 25.9 Å². The van der Waals surface area contributed by atoms with E-state index in [0.717, 1.165) is 52.6 Å². The minimum Gasteiger partial charge on any atom is -0.497 e. The topological polar surface area (TPSA) is 51.7 Å². The molecule has 0 saturated carbocycles. The second-order valence-corrected chi connectivity index (χ2v) is 8.82. The zero-order valence-electron chi connectivity index (χ0n) is 19.8. The zero-order valence-corrected chi connectivity index (χ0v) is 19.8. The van der Waals surface area contributed by atoms with Crippen molar-refractivity contribution in [1.82, 2.24) is 9.88 Å². The van der Waals surface area contributed by atoms with Crippen LogP contribution in [-0.4, -0.2) is 36.2 Å². The molecule has 2 aromatic carbocycles. The number of pyridine rings is 1. The van der Waals surface area contributed by atoms with Gasteiger partial charge in [0.25, 0.3) is 0 Å². The van der Waals surface area contributed by atoms with Gasteiger partial charge in [-0.1, -0.05) is 43.0 Å². The molecule has 0 spiro atoms. The Morgan fingerprint density at radius 2 is 2.03 bits per heavy atom. The summed E-state index contributed by atoms with van der Waals surface area (Å²) in [4.78, 5) is 18.9. The summed E-state index contributed by atoms with van der Waals surface area (Å²) in [6, 6.07) is 17.7. The first-order valence-electron chi connectivity index (χ1n) is 11.8. The van der Waals surface area contributed by atoms with Gasteiger partial charge in [-0.05, 0) is 72.1 Å². The molecule has 1 aromatic heterocycles. The lowest BCUT2D eigenvalue weighted by Crippen LogP contribution is -2.43. The number of ether oxygens (including phenoxy) is 2. The van der Waals surface area contributed by atoms with Crippen LogP contribution >= 0.6 is 0 Å². The van der Waals surface area contributed by atoms with Crippen LogP contribution in [0.3, 0.4) is 0 Å². The third-order valence-electron chi connectivity index (χ3n) is 6.72. The van der Waals surface area contributed by atoms with Crippen molar-refractivity contribution in [2.24, 2.45) is 11.8 Å². The first-order chi connectivity index (χ1) is 16.6. The van der Waals surface area contributed by atoms with Crippen LogP contribution in [0.2, 0.25) is 0 Å². The Balaban J connectivity index is 1.34. The summed E-state index contributed by atoms with van der Waals surface area (Å²) >= 11 is 0. The Bertz CT molecular complexity index is 1160. The van der Waals surface area contributed by atoms with Crippen molar-refractivity contribution < 1.29 is 14.3 Å². The monoisotopic (exact) mass is 456 g/mol. The molecule has 176 valence electrons. The number of hydrogen-bond acceptors (Lipinski definition) is 4. The highest BCUT2D eigenvalue weighted by molar-refractivity contribution is 5.91. The second kappa shape index (κ2) is 11.0. The maximum atomic E-state index is 12.6. The molecule has 1 fully saturated rings. The first kappa shape index (κ1) is 23.6. The van der Waals surface area contributed by atoms with E-state index in [0.29, 0.717) is 25.6 Å². The molecule has 1 saturated heterocycles. The van der Waals surface area contributed by atoms with Crippen LogP contribution in [0.4, 0.5) is 4.79 Å². The lowest BCUT2D eigenvalue weighted by Gasteiger charge is -2.37. The van der Waals surface area contributed by atoms with Crippen LogP contribution in [0.15, 0.2) is 80.0 Å². The maximum Gasteiger partial charge on any atom is 0.410 e. The number of amides is 1. The van der Waals surface area contributed by atoms with Crippen molar-refractivity contribution in [3.63, 3.8) is 0 Å². The fourth-order valence-corrected chi connectivity index (χ4v) is 4.69. The Kier molecular flexibility index (Phi) is 7.63. The van der Waals surface area contributed by atoms with Crippen molar-refractivity contribution in [1.29, 1.82) is 0 Å². The second-order valence-electron chi connectivity index (χ2n) is 8.82. The minimum atomic E-state index is -0.254. The SMILES string of the molecule is C=CC1CN(C(=O)OCc2ccccc2)CCC1CCC(=C)c1ccnc2ccc(OC)cc12. The summed E-state index contributed by atoms with van der Waals surface area (Å²) in [5, 5.41) is 1.06. The zero-order chi connectivity index (χ0) is 23.9. The van der Waals surface area contributed by atoms with Crippen molar-refractivity contribution in [2.75, 3.05) is 20.2 Å². The van der Waals surface area contributed by atoms with Gasteiger partial charge in [0.05, 0.1) is 12.6 Å². The maximum absolute atomic E-state index is 12.6. The molecule has 1 aliphatic heterocycles. The Labute approximate surface area is 201 Å². The van der Waals surface area contributed by atoms with Gasteiger partial charge in [0.15, 0.2) is 0 Å². The predicted octanol–water partition coefficient (Wildman–Crippen LogP) is 6.50. The van der Waals surface area contributed by atoms with Crippen LogP contribution in [0.5, 0.6) is 5.75 Å². The molecular formula is C29H32N2O3. The summed E-state index contributed by atoms with van der Waals surface area (Å²) in [6.45, 7) is 10.1. The van der Waals surface area contributed by atoms with Gasteiger partial charge in [0.1, 0.15) is 12.4 Å². The van der Waals surface area contributed by atoms with E-state index in [1.165, 1.54) is 0 Å². The van der Waals surface area contributed by atoms with Gasteiger partial charge < -0.3 is 14.4 Å². The molecular weight excluding hydrogens is 424 g/mol. The van der Waals surface area contributed by atoms with E-state index >= 15 is 0 Å². The van der Waals surface area contributed by atoms with Crippen LogP contribution in [0, 0.1) is 11.8 Å². The standard InChI is InChI=1S/C29H32N2O3/c1-4-23-19-31(29(32)34-20-22-8-6-5-7-9-22)17-15-24(23)11-10-21(2)26-14-16-30-28-13-12-25(33-3)18-27(26)28/h4-9,12-14,16,18,23-24H,1-2,10-11,15,17,19-20H2,3H3. The third kappa shape index (κ3) is 5.48. The Morgan fingerprint density at radius 3 is 2.79 bits per heavy atom.